The van der Waals surface area contributed by atoms with Gasteiger partial charge in [-0.15, -0.1) is 0 Å². The van der Waals surface area contributed by atoms with E-state index < -0.39 is 5.91 Å². The van der Waals surface area contributed by atoms with Gasteiger partial charge in [0.25, 0.3) is 0 Å². The van der Waals surface area contributed by atoms with Crippen molar-refractivity contribution in [3.05, 3.63) is 47.3 Å². The fraction of sp³-hybridized carbons (Fsp3) is 0.312. The molecule has 1 aromatic heterocycles. The van der Waals surface area contributed by atoms with Crippen LogP contribution in [0.1, 0.15) is 15.9 Å². The van der Waals surface area contributed by atoms with Crippen molar-refractivity contribution in [2.24, 2.45) is 5.73 Å². The molecule has 0 aliphatic carbocycles. The molecular formula is C16H19BN6O2Y-. The molecule has 1 amide bonds. The van der Waals surface area contributed by atoms with Gasteiger partial charge in [0.15, 0.2) is 0 Å². The summed E-state index contributed by atoms with van der Waals surface area (Å²) in [6.07, 6.45) is 1.26. The molecule has 26 heavy (non-hydrogen) atoms. The second-order valence-electron chi connectivity index (χ2n) is 5.53. The number of benzene rings is 1. The van der Waals surface area contributed by atoms with Gasteiger partial charge in [-0.3, -0.25) is 9.69 Å². The van der Waals surface area contributed by atoms with E-state index >= 15 is 0 Å². The van der Waals surface area contributed by atoms with Crippen molar-refractivity contribution in [3.63, 3.8) is 0 Å². The molecule has 0 unspecified atom stereocenters. The number of primary amides is 1. The quantitative estimate of drug-likeness (QED) is 0.698. The van der Waals surface area contributed by atoms with Crippen LogP contribution in [0.25, 0.3) is 5.73 Å². The number of morpholine rings is 1. The number of anilines is 2. The molecular weight excluding hydrogens is 408 g/mol. The number of nitrogens with two attached hydrogens (primary N) is 1. The van der Waals surface area contributed by atoms with Crippen LogP contribution in [0.15, 0.2) is 30.5 Å². The smallest absolute Gasteiger partial charge is 0.250 e. The molecule has 3 rings (SSSR count). The summed E-state index contributed by atoms with van der Waals surface area (Å²) in [5.74, 6) is -0.645. The number of ether oxygens (including phenoxy) is 1. The van der Waals surface area contributed by atoms with Gasteiger partial charge >= 0.3 is 0 Å². The van der Waals surface area contributed by atoms with E-state index in [9.17, 15) is 4.79 Å². The molecule has 4 N–H and O–H groups in total. The number of nitrogens with one attached hydrogen (secondary N) is 2. The van der Waals surface area contributed by atoms with E-state index in [1.54, 1.807) is 0 Å². The number of rotatable bonds is 5. The summed E-state index contributed by atoms with van der Waals surface area (Å²) in [6, 6.07) is 7.95. The first kappa shape index (κ1) is 22.5. The Balaban J connectivity index is 0.00000169. The minimum absolute atomic E-state index is 0. The van der Waals surface area contributed by atoms with E-state index in [4.69, 9.17) is 16.2 Å². The molecule has 1 aliphatic heterocycles. The van der Waals surface area contributed by atoms with Crippen molar-refractivity contribution in [2.75, 3.05) is 31.6 Å². The van der Waals surface area contributed by atoms with Crippen LogP contribution in [0.3, 0.4) is 0 Å². The Labute approximate surface area is 179 Å². The van der Waals surface area contributed by atoms with Crippen molar-refractivity contribution in [2.45, 2.75) is 6.54 Å². The molecule has 0 atom stereocenters. The minimum Gasteiger partial charge on any atom is -0.481 e. The van der Waals surface area contributed by atoms with Gasteiger partial charge in [0.1, 0.15) is 5.95 Å². The number of carbonyl (C=O) groups is 1. The van der Waals surface area contributed by atoms with E-state index in [1.165, 1.54) is 11.8 Å². The Bertz CT molecular complexity index is 725. The summed E-state index contributed by atoms with van der Waals surface area (Å²) >= 11 is 0. The molecule has 10 heteroatoms. The van der Waals surface area contributed by atoms with E-state index in [2.05, 4.69) is 20.2 Å². The summed E-state index contributed by atoms with van der Waals surface area (Å²) in [4.78, 5) is 21.4. The van der Waals surface area contributed by atoms with Crippen LogP contribution < -0.4 is 11.1 Å². The largest absolute Gasteiger partial charge is 0.481 e. The van der Waals surface area contributed by atoms with E-state index in [0.717, 1.165) is 38.5 Å². The fourth-order valence-electron chi connectivity index (χ4n) is 2.46. The maximum atomic E-state index is 11.1. The van der Waals surface area contributed by atoms with E-state index in [0.29, 0.717) is 0 Å². The predicted octanol–water partition coefficient (Wildman–Crippen LogP) is 1.45. The van der Waals surface area contributed by atoms with Gasteiger partial charge < -0.3 is 26.5 Å². The third kappa shape index (κ3) is 6.02. The van der Waals surface area contributed by atoms with Crippen molar-refractivity contribution >= 4 is 31.8 Å². The molecule has 0 bridgehead atoms. The van der Waals surface area contributed by atoms with Crippen molar-refractivity contribution < 1.29 is 42.2 Å². The zero-order valence-electron chi connectivity index (χ0n) is 14.3. The van der Waals surface area contributed by atoms with E-state index in [-0.39, 0.29) is 58.5 Å². The van der Waals surface area contributed by atoms with Crippen LogP contribution in [-0.4, -0.2) is 55.5 Å². The summed E-state index contributed by atoms with van der Waals surface area (Å²) in [5.41, 5.74) is 14.8. The summed E-state index contributed by atoms with van der Waals surface area (Å²) in [7, 11) is 0. The molecule has 1 fully saturated rings. The number of aromatic nitrogens is 2. The van der Waals surface area contributed by atoms with Gasteiger partial charge in [-0.25, -0.2) is 4.98 Å². The predicted molar refractivity (Wildman–Crippen MR) is 96.1 cm³/mol. The van der Waals surface area contributed by atoms with Gasteiger partial charge in [0.05, 0.1) is 18.8 Å². The topological polar surface area (TPSA) is 117 Å². The molecule has 2 aromatic rings. The van der Waals surface area contributed by atoms with Gasteiger partial charge in [-0.2, -0.15) is 0 Å². The molecule has 1 aromatic carbocycles. The first-order valence-electron chi connectivity index (χ1n) is 7.66. The second kappa shape index (κ2) is 10.6. The monoisotopic (exact) mass is 427 g/mol. The molecule has 4 radical (unpaired) electrons. The number of nitrogens with zero attached hydrogens (tertiary/aromatic N) is 3. The second-order valence-corrected chi connectivity index (χ2v) is 5.53. The zero-order valence-corrected chi connectivity index (χ0v) is 17.2. The van der Waals surface area contributed by atoms with Crippen LogP contribution in [0.5, 0.6) is 0 Å². The fourth-order valence-corrected chi connectivity index (χ4v) is 2.46. The summed E-state index contributed by atoms with van der Waals surface area (Å²) in [5, 5.41) is 3.01. The molecule has 1 aliphatic rings. The van der Waals surface area contributed by atoms with Crippen LogP contribution >= 0.6 is 0 Å². The molecule has 0 spiro atoms. The van der Waals surface area contributed by atoms with Crippen LogP contribution in [0.2, 0.25) is 0 Å². The molecule has 0 saturated carbocycles. The van der Waals surface area contributed by atoms with Gasteiger partial charge in [-0.1, -0.05) is 12.1 Å². The molecule has 8 nitrogen and oxygen atoms in total. The Kier molecular flexibility index (Phi) is 9.15. The van der Waals surface area contributed by atoms with Crippen LogP contribution in [-0.2, 0) is 44.0 Å². The first-order chi connectivity index (χ1) is 11.6. The Morgan fingerprint density at radius 1 is 1.27 bits per heavy atom. The van der Waals surface area contributed by atoms with Crippen molar-refractivity contribution in [3.8, 4) is 0 Å². The number of amides is 1. The van der Waals surface area contributed by atoms with Gasteiger partial charge in [-0.05, 0) is 23.5 Å². The van der Waals surface area contributed by atoms with Crippen LogP contribution in [0.4, 0.5) is 17.5 Å². The first-order valence-corrected chi connectivity index (χ1v) is 7.66. The molecule has 1 saturated heterocycles. The number of hydrogen-bond acceptors (Lipinski definition) is 6. The van der Waals surface area contributed by atoms with Gasteiger partial charge in [0.2, 0.25) is 5.91 Å². The Hall–Kier alpha value is -1.54. The minimum atomic E-state index is -0.709. The maximum Gasteiger partial charge on any atom is 0.250 e. The van der Waals surface area contributed by atoms with Crippen molar-refractivity contribution in [1.29, 1.82) is 0 Å². The SMILES string of the molecule is [B].[NH-]c1nc(Nc2ccc(CN3CCOCC3)cc2)ncc1C(N)=O.[Y]. The number of carbonyl (C=O) groups excluding carboxylic acids is 1. The normalized spacial score (nSPS) is 14.0. The molecule has 132 valence electrons. The van der Waals surface area contributed by atoms with Crippen LogP contribution in [0, 0.1) is 0 Å². The standard InChI is InChI=1S/C16H20N6O2.B.Y/c17-14-13(15(18)23)9-19-16(21-14)20-12-3-1-11(2-4-12)10-22-5-7-24-8-6-22;;/h1-4,9H,5-8,10H2,(H5,17,18,19,20,21,23);;/p-1. The Morgan fingerprint density at radius 2 is 1.92 bits per heavy atom. The summed E-state index contributed by atoms with van der Waals surface area (Å²) < 4.78 is 5.35. The average molecular weight is 427 g/mol. The van der Waals surface area contributed by atoms with E-state index in [1.807, 2.05) is 24.3 Å². The average Bonchev–Trinajstić information content (AvgIpc) is 2.57. The zero-order chi connectivity index (χ0) is 16.9. The third-order valence-electron chi connectivity index (χ3n) is 3.77. The van der Waals surface area contributed by atoms with Crippen molar-refractivity contribution in [1.82, 2.24) is 14.9 Å². The number of hydrogen-bond donors (Lipinski definition) is 2. The Morgan fingerprint density at radius 3 is 2.50 bits per heavy atom. The van der Waals surface area contributed by atoms with Gasteiger partial charge in [0, 0.05) is 72.6 Å². The maximum absolute atomic E-state index is 11.1. The molecule has 2 heterocycles. The third-order valence-corrected chi connectivity index (χ3v) is 3.77. The summed E-state index contributed by atoms with van der Waals surface area (Å²) in [6.45, 7) is 4.37.